The van der Waals surface area contributed by atoms with Crippen molar-refractivity contribution in [3.8, 4) is 0 Å². The third kappa shape index (κ3) is 4.10. The molecule has 3 heteroatoms. The fourth-order valence-corrected chi connectivity index (χ4v) is 3.55. The van der Waals surface area contributed by atoms with Crippen LogP contribution in [0, 0.1) is 0 Å². The van der Waals surface area contributed by atoms with Gasteiger partial charge < -0.3 is 10.2 Å². The summed E-state index contributed by atoms with van der Waals surface area (Å²) in [5, 5.41) is 3.30. The Morgan fingerprint density at radius 2 is 1.91 bits per heavy atom. The van der Waals surface area contributed by atoms with Gasteiger partial charge in [0.15, 0.2) is 0 Å². The molecule has 22 heavy (non-hydrogen) atoms. The number of hydrogen-bond acceptors (Lipinski definition) is 2. The SMILES string of the molecule is C[C@H](CCC(=O)NC1(Cc2ccccc2)CC1)N1CCCC1. The first-order valence-electron chi connectivity index (χ1n) is 8.76. The molecule has 1 N–H and O–H groups in total. The molecule has 3 nitrogen and oxygen atoms in total. The van der Waals surface area contributed by atoms with Crippen LogP contribution in [0.1, 0.15) is 51.0 Å². The molecule has 0 bridgehead atoms. The largest absolute Gasteiger partial charge is 0.350 e. The smallest absolute Gasteiger partial charge is 0.220 e. The highest BCUT2D eigenvalue weighted by Crippen LogP contribution is 2.38. The second-order valence-electron chi connectivity index (χ2n) is 7.12. The summed E-state index contributed by atoms with van der Waals surface area (Å²) in [7, 11) is 0. The highest BCUT2D eigenvalue weighted by Gasteiger charge is 2.43. The van der Waals surface area contributed by atoms with Crippen LogP contribution in [-0.4, -0.2) is 35.5 Å². The van der Waals surface area contributed by atoms with E-state index in [9.17, 15) is 4.79 Å². The van der Waals surface area contributed by atoms with Crippen molar-refractivity contribution in [3.05, 3.63) is 35.9 Å². The molecule has 1 saturated heterocycles. The van der Waals surface area contributed by atoms with Crippen LogP contribution in [0.4, 0.5) is 0 Å². The maximum Gasteiger partial charge on any atom is 0.220 e. The lowest BCUT2D eigenvalue weighted by Crippen LogP contribution is -2.39. The Kier molecular flexibility index (Phi) is 4.82. The number of carbonyl (C=O) groups is 1. The molecule has 1 aromatic rings. The Labute approximate surface area is 134 Å². The minimum Gasteiger partial charge on any atom is -0.350 e. The highest BCUT2D eigenvalue weighted by atomic mass is 16.1. The Bertz CT molecular complexity index is 489. The van der Waals surface area contributed by atoms with Crippen molar-refractivity contribution < 1.29 is 4.79 Å². The fourth-order valence-electron chi connectivity index (χ4n) is 3.55. The second-order valence-corrected chi connectivity index (χ2v) is 7.12. The average molecular weight is 300 g/mol. The van der Waals surface area contributed by atoms with Gasteiger partial charge >= 0.3 is 0 Å². The number of nitrogens with one attached hydrogen (secondary N) is 1. The van der Waals surface area contributed by atoms with Crippen LogP contribution in [0.3, 0.4) is 0 Å². The lowest BCUT2D eigenvalue weighted by Gasteiger charge is -2.24. The zero-order valence-corrected chi connectivity index (χ0v) is 13.7. The molecular formula is C19H28N2O. The molecule has 2 fully saturated rings. The Balaban J connectivity index is 1.43. The van der Waals surface area contributed by atoms with Gasteiger partial charge in [-0.2, -0.15) is 0 Å². The van der Waals surface area contributed by atoms with Gasteiger partial charge in [0, 0.05) is 18.0 Å². The van der Waals surface area contributed by atoms with E-state index < -0.39 is 0 Å². The van der Waals surface area contributed by atoms with Crippen LogP contribution in [0.15, 0.2) is 30.3 Å². The molecule has 2 aliphatic rings. The van der Waals surface area contributed by atoms with Crippen molar-refractivity contribution in [2.24, 2.45) is 0 Å². The Morgan fingerprint density at radius 1 is 1.23 bits per heavy atom. The van der Waals surface area contributed by atoms with E-state index in [1.165, 1.54) is 31.5 Å². The number of hydrogen-bond donors (Lipinski definition) is 1. The topological polar surface area (TPSA) is 32.3 Å². The molecule has 1 heterocycles. The fraction of sp³-hybridized carbons (Fsp3) is 0.632. The van der Waals surface area contributed by atoms with Crippen molar-refractivity contribution >= 4 is 5.91 Å². The summed E-state index contributed by atoms with van der Waals surface area (Å²) in [6, 6.07) is 11.0. The minimum absolute atomic E-state index is 0.0509. The summed E-state index contributed by atoms with van der Waals surface area (Å²) < 4.78 is 0. The van der Waals surface area contributed by atoms with Crippen molar-refractivity contribution in [1.29, 1.82) is 0 Å². The van der Waals surface area contributed by atoms with E-state index in [1.54, 1.807) is 0 Å². The van der Waals surface area contributed by atoms with Gasteiger partial charge in [-0.3, -0.25) is 4.79 Å². The molecule has 1 aromatic carbocycles. The number of rotatable bonds is 7. The summed E-state index contributed by atoms with van der Waals surface area (Å²) >= 11 is 0. The van der Waals surface area contributed by atoms with Gasteiger partial charge in [-0.15, -0.1) is 0 Å². The van der Waals surface area contributed by atoms with Crippen molar-refractivity contribution in [2.45, 2.75) is 63.5 Å². The maximum absolute atomic E-state index is 12.3. The van der Waals surface area contributed by atoms with E-state index in [-0.39, 0.29) is 11.4 Å². The van der Waals surface area contributed by atoms with E-state index in [4.69, 9.17) is 0 Å². The van der Waals surface area contributed by atoms with Crippen LogP contribution in [-0.2, 0) is 11.2 Å². The summed E-state index contributed by atoms with van der Waals surface area (Å²) in [6.07, 6.45) is 7.49. The summed E-state index contributed by atoms with van der Waals surface area (Å²) in [4.78, 5) is 14.8. The molecule has 1 amide bonds. The lowest BCUT2D eigenvalue weighted by atomic mass is 10.0. The van der Waals surface area contributed by atoms with Gasteiger partial charge in [-0.25, -0.2) is 0 Å². The summed E-state index contributed by atoms with van der Waals surface area (Å²) in [5.41, 5.74) is 1.38. The zero-order chi connectivity index (χ0) is 15.4. The molecule has 1 aliphatic carbocycles. The van der Waals surface area contributed by atoms with Crippen molar-refractivity contribution in [2.75, 3.05) is 13.1 Å². The zero-order valence-electron chi connectivity index (χ0n) is 13.7. The normalized spacial score (nSPS) is 21.5. The van der Waals surface area contributed by atoms with Crippen LogP contribution < -0.4 is 5.32 Å². The van der Waals surface area contributed by atoms with Crippen molar-refractivity contribution in [1.82, 2.24) is 10.2 Å². The van der Waals surface area contributed by atoms with E-state index in [0.29, 0.717) is 12.5 Å². The summed E-state index contributed by atoms with van der Waals surface area (Å²) in [6.45, 7) is 4.68. The second kappa shape index (κ2) is 6.82. The van der Waals surface area contributed by atoms with E-state index in [0.717, 1.165) is 25.7 Å². The van der Waals surface area contributed by atoms with Crippen LogP contribution in [0.5, 0.6) is 0 Å². The quantitative estimate of drug-likeness (QED) is 0.839. The maximum atomic E-state index is 12.3. The molecule has 1 atom stereocenters. The lowest BCUT2D eigenvalue weighted by molar-refractivity contribution is -0.122. The predicted molar refractivity (Wildman–Crippen MR) is 89.8 cm³/mol. The third-order valence-corrected chi connectivity index (χ3v) is 5.20. The van der Waals surface area contributed by atoms with Crippen molar-refractivity contribution in [3.63, 3.8) is 0 Å². The molecular weight excluding hydrogens is 272 g/mol. The number of benzene rings is 1. The number of likely N-dealkylation sites (tertiary alicyclic amines) is 1. The molecule has 0 aromatic heterocycles. The third-order valence-electron chi connectivity index (χ3n) is 5.20. The minimum atomic E-state index is 0.0509. The standard InChI is InChI=1S/C19H28N2O/c1-16(21-13-5-6-14-21)9-10-18(22)20-19(11-12-19)15-17-7-3-2-4-8-17/h2-4,7-8,16H,5-6,9-15H2,1H3,(H,20,22)/t16-/m1/s1. The molecule has 3 rings (SSSR count). The van der Waals surface area contributed by atoms with Gasteiger partial charge in [-0.1, -0.05) is 30.3 Å². The average Bonchev–Trinajstić information content (AvgIpc) is 3.04. The molecule has 1 saturated carbocycles. The van der Waals surface area contributed by atoms with Crippen LogP contribution in [0.25, 0.3) is 0 Å². The van der Waals surface area contributed by atoms with Gasteiger partial charge in [0.05, 0.1) is 0 Å². The van der Waals surface area contributed by atoms with Crippen LogP contribution >= 0.6 is 0 Å². The monoisotopic (exact) mass is 300 g/mol. The van der Waals surface area contributed by atoms with Crippen LogP contribution in [0.2, 0.25) is 0 Å². The van der Waals surface area contributed by atoms with E-state index >= 15 is 0 Å². The number of amides is 1. The van der Waals surface area contributed by atoms with Gasteiger partial charge in [-0.05, 0) is 64.1 Å². The first-order valence-corrected chi connectivity index (χ1v) is 8.76. The molecule has 1 aliphatic heterocycles. The molecule has 120 valence electrons. The Morgan fingerprint density at radius 3 is 2.55 bits per heavy atom. The molecule has 0 unspecified atom stereocenters. The first-order chi connectivity index (χ1) is 10.7. The highest BCUT2D eigenvalue weighted by molar-refractivity contribution is 5.77. The van der Waals surface area contributed by atoms with Gasteiger partial charge in [0.25, 0.3) is 0 Å². The van der Waals surface area contributed by atoms with Gasteiger partial charge in [0.2, 0.25) is 5.91 Å². The molecule has 0 radical (unpaired) electrons. The predicted octanol–water partition coefficient (Wildman–Crippen LogP) is 3.14. The van der Waals surface area contributed by atoms with E-state index in [2.05, 4.69) is 41.4 Å². The number of carbonyl (C=O) groups excluding carboxylic acids is 1. The first kappa shape index (κ1) is 15.5. The van der Waals surface area contributed by atoms with Gasteiger partial charge in [0.1, 0.15) is 0 Å². The Hall–Kier alpha value is -1.35. The summed E-state index contributed by atoms with van der Waals surface area (Å²) in [5.74, 6) is 0.236. The molecule has 0 spiro atoms. The number of nitrogens with zero attached hydrogens (tertiary/aromatic N) is 1. The van der Waals surface area contributed by atoms with E-state index in [1.807, 2.05) is 6.07 Å².